The van der Waals surface area contributed by atoms with Crippen molar-refractivity contribution in [2.45, 2.75) is 62.8 Å². The summed E-state index contributed by atoms with van der Waals surface area (Å²) in [6, 6.07) is 16.4. The molecule has 1 aliphatic heterocycles. The summed E-state index contributed by atoms with van der Waals surface area (Å²) in [5.74, 6) is 0.610. The first-order chi connectivity index (χ1) is 16.1. The lowest BCUT2D eigenvalue weighted by Crippen LogP contribution is -2.53. The van der Waals surface area contributed by atoms with Crippen LogP contribution in [0, 0.1) is 11.3 Å². The van der Waals surface area contributed by atoms with E-state index in [1.165, 1.54) is 0 Å². The van der Waals surface area contributed by atoms with E-state index in [0.717, 1.165) is 56.3 Å². The number of para-hydroxylation sites is 1. The molecule has 6 nitrogen and oxygen atoms in total. The fraction of sp³-hybridized carbons (Fsp3) is 0.444. The largest absolute Gasteiger partial charge is 0.497 e. The fourth-order valence-electron chi connectivity index (χ4n) is 5.32. The second-order valence-electron chi connectivity index (χ2n) is 9.03. The highest BCUT2D eigenvalue weighted by atomic mass is 16.5. The zero-order valence-electron chi connectivity index (χ0n) is 19.2. The van der Waals surface area contributed by atoms with Crippen LogP contribution in [0.2, 0.25) is 0 Å². The van der Waals surface area contributed by atoms with Crippen molar-refractivity contribution in [2.24, 2.45) is 0 Å². The smallest absolute Gasteiger partial charge is 0.247 e. The van der Waals surface area contributed by atoms with Crippen LogP contribution in [-0.4, -0.2) is 36.4 Å². The molecule has 2 amide bonds. The second kappa shape index (κ2) is 10.1. The summed E-state index contributed by atoms with van der Waals surface area (Å²) in [6.07, 6.45) is 7.00. The van der Waals surface area contributed by atoms with Crippen molar-refractivity contribution in [3.63, 3.8) is 0 Å². The monoisotopic (exact) mass is 445 g/mol. The van der Waals surface area contributed by atoms with Crippen molar-refractivity contribution >= 4 is 17.5 Å². The zero-order chi connectivity index (χ0) is 23.3. The van der Waals surface area contributed by atoms with E-state index in [9.17, 15) is 14.9 Å². The maximum Gasteiger partial charge on any atom is 0.247 e. The van der Waals surface area contributed by atoms with Crippen LogP contribution in [0.5, 0.6) is 5.75 Å². The zero-order valence-corrected chi connectivity index (χ0v) is 19.2. The second-order valence-corrected chi connectivity index (χ2v) is 9.03. The van der Waals surface area contributed by atoms with E-state index in [0.29, 0.717) is 24.2 Å². The molecule has 2 aliphatic rings. The Bertz CT molecular complexity index is 1040. The average molecular weight is 446 g/mol. The molecule has 6 heteroatoms. The lowest BCUT2D eigenvalue weighted by molar-refractivity contribution is -0.143. The normalized spacial score (nSPS) is 19.9. The Morgan fingerprint density at radius 1 is 1.03 bits per heavy atom. The van der Waals surface area contributed by atoms with Gasteiger partial charge in [0.25, 0.3) is 0 Å². The van der Waals surface area contributed by atoms with Gasteiger partial charge in [-0.3, -0.25) is 9.59 Å². The number of nitrogens with one attached hydrogen (secondary N) is 1. The molecule has 1 unspecified atom stereocenters. The Labute approximate surface area is 195 Å². The van der Waals surface area contributed by atoms with Gasteiger partial charge in [-0.25, -0.2) is 0 Å². The van der Waals surface area contributed by atoms with E-state index in [2.05, 4.69) is 11.4 Å². The molecule has 1 saturated heterocycles. The van der Waals surface area contributed by atoms with E-state index in [-0.39, 0.29) is 11.8 Å². The number of benzene rings is 2. The average Bonchev–Trinajstić information content (AvgIpc) is 3.23. The topological polar surface area (TPSA) is 82.4 Å². The van der Waals surface area contributed by atoms with Crippen LogP contribution >= 0.6 is 0 Å². The number of rotatable bonds is 5. The Hall–Kier alpha value is -3.33. The number of ether oxygens (including phenoxy) is 1. The summed E-state index contributed by atoms with van der Waals surface area (Å²) in [5, 5.41) is 12.3. The summed E-state index contributed by atoms with van der Waals surface area (Å²) >= 11 is 0. The lowest BCUT2D eigenvalue weighted by atomic mass is 9.77. The number of hydrogen-bond donors (Lipinski definition) is 1. The number of hydrogen-bond acceptors (Lipinski definition) is 4. The van der Waals surface area contributed by atoms with Crippen molar-refractivity contribution in [1.29, 1.82) is 5.26 Å². The summed E-state index contributed by atoms with van der Waals surface area (Å²) < 4.78 is 5.31. The van der Waals surface area contributed by atoms with Gasteiger partial charge < -0.3 is 15.0 Å². The molecule has 2 aromatic carbocycles. The van der Waals surface area contributed by atoms with Gasteiger partial charge in [0.2, 0.25) is 11.8 Å². The number of likely N-dealkylation sites (tertiary alicyclic amines) is 1. The number of anilines is 1. The molecular formula is C27H31N3O3. The molecule has 4 rings (SSSR count). The summed E-state index contributed by atoms with van der Waals surface area (Å²) in [6.45, 7) is 0.578. The third kappa shape index (κ3) is 4.59. The highest BCUT2D eigenvalue weighted by molar-refractivity contribution is 5.99. The van der Waals surface area contributed by atoms with Gasteiger partial charge in [0.05, 0.1) is 23.8 Å². The quantitative estimate of drug-likeness (QED) is 0.717. The maximum absolute atomic E-state index is 14.2. The van der Waals surface area contributed by atoms with Gasteiger partial charge in [-0.05, 0) is 55.5 Å². The predicted octanol–water partition coefficient (Wildman–Crippen LogP) is 4.79. The van der Waals surface area contributed by atoms with Gasteiger partial charge in [-0.15, -0.1) is 0 Å². The number of methoxy groups -OCH3 is 1. The molecule has 0 aromatic heterocycles. The Morgan fingerprint density at radius 3 is 2.45 bits per heavy atom. The van der Waals surface area contributed by atoms with Gasteiger partial charge >= 0.3 is 0 Å². The van der Waals surface area contributed by atoms with Gasteiger partial charge in [0, 0.05) is 6.54 Å². The third-order valence-corrected chi connectivity index (χ3v) is 7.13. The van der Waals surface area contributed by atoms with E-state index >= 15 is 0 Å². The number of amides is 2. The summed E-state index contributed by atoms with van der Waals surface area (Å²) in [4.78, 5) is 29.4. The van der Waals surface area contributed by atoms with Gasteiger partial charge in [-0.2, -0.15) is 5.26 Å². The van der Waals surface area contributed by atoms with Gasteiger partial charge in [-0.1, -0.05) is 49.9 Å². The van der Waals surface area contributed by atoms with Crippen LogP contribution in [0.4, 0.5) is 5.69 Å². The van der Waals surface area contributed by atoms with Crippen LogP contribution < -0.4 is 10.1 Å². The van der Waals surface area contributed by atoms with Crippen LogP contribution in [-0.2, 0) is 15.0 Å². The minimum Gasteiger partial charge on any atom is -0.497 e. The van der Waals surface area contributed by atoms with E-state index in [4.69, 9.17) is 4.74 Å². The molecule has 33 heavy (non-hydrogen) atoms. The maximum atomic E-state index is 14.2. The van der Waals surface area contributed by atoms with Crippen molar-refractivity contribution < 1.29 is 14.3 Å². The molecule has 0 radical (unpaired) electrons. The molecule has 1 aliphatic carbocycles. The summed E-state index contributed by atoms with van der Waals surface area (Å²) in [5.41, 5.74) is 1.32. The first-order valence-electron chi connectivity index (χ1n) is 11.8. The fourth-order valence-corrected chi connectivity index (χ4v) is 5.32. The van der Waals surface area contributed by atoms with Gasteiger partial charge in [0.15, 0.2) is 0 Å². The number of nitrogens with zero attached hydrogens (tertiary/aromatic N) is 2. The molecule has 172 valence electrons. The standard InChI is InChI=1S/C27H31N3O3/c1-33-22-14-12-21(13-15-22)27(16-6-7-17-27)26(32)30-18-8-2-3-11-24(30)25(31)29-23-10-5-4-9-20(23)19-28/h4-5,9-10,12-15,24H,2-3,6-8,11,16-18H2,1H3,(H,29,31). The molecule has 1 saturated carbocycles. The van der Waals surface area contributed by atoms with Crippen molar-refractivity contribution in [3.8, 4) is 11.8 Å². The Morgan fingerprint density at radius 2 is 1.76 bits per heavy atom. The van der Waals surface area contributed by atoms with Gasteiger partial charge in [0.1, 0.15) is 17.9 Å². The number of carbonyl (C=O) groups excluding carboxylic acids is 2. The Balaban J connectivity index is 1.64. The number of nitriles is 1. The van der Waals surface area contributed by atoms with E-state index < -0.39 is 11.5 Å². The minimum absolute atomic E-state index is 0.0563. The highest BCUT2D eigenvalue weighted by Gasteiger charge is 2.47. The first-order valence-corrected chi connectivity index (χ1v) is 11.8. The molecule has 0 spiro atoms. The molecule has 1 atom stereocenters. The molecular weight excluding hydrogens is 414 g/mol. The molecule has 2 aromatic rings. The van der Waals surface area contributed by atoms with Crippen molar-refractivity contribution in [3.05, 3.63) is 59.7 Å². The molecule has 1 N–H and O–H groups in total. The highest BCUT2D eigenvalue weighted by Crippen LogP contribution is 2.44. The van der Waals surface area contributed by atoms with Crippen LogP contribution in [0.25, 0.3) is 0 Å². The number of carbonyl (C=O) groups is 2. The Kier molecular flexibility index (Phi) is 6.98. The lowest BCUT2D eigenvalue weighted by Gasteiger charge is -2.38. The molecule has 1 heterocycles. The van der Waals surface area contributed by atoms with E-state index in [1.54, 1.807) is 31.4 Å². The van der Waals surface area contributed by atoms with Crippen LogP contribution in [0.15, 0.2) is 48.5 Å². The van der Waals surface area contributed by atoms with Crippen molar-refractivity contribution in [2.75, 3.05) is 19.0 Å². The SMILES string of the molecule is COc1ccc(C2(C(=O)N3CCCCCC3C(=O)Nc3ccccc3C#N)CCCC2)cc1. The van der Waals surface area contributed by atoms with Crippen LogP contribution in [0.1, 0.15) is 62.5 Å². The van der Waals surface area contributed by atoms with Crippen LogP contribution in [0.3, 0.4) is 0 Å². The first kappa shape index (κ1) is 22.8. The van der Waals surface area contributed by atoms with E-state index in [1.807, 2.05) is 29.2 Å². The molecule has 0 bridgehead atoms. The third-order valence-electron chi connectivity index (χ3n) is 7.13. The summed E-state index contributed by atoms with van der Waals surface area (Å²) in [7, 11) is 1.64. The molecule has 2 fully saturated rings. The predicted molar refractivity (Wildman–Crippen MR) is 127 cm³/mol. The minimum atomic E-state index is -0.598. The van der Waals surface area contributed by atoms with Crippen molar-refractivity contribution in [1.82, 2.24) is 4.90 Å².